The lowest BCUT2D eigenvalue weighted by molar-refractivity contribution is 0.717. The third-order valence-corrected chi connectivity index (χ3v) is 2.75. The number of rotatable bonds is 2. The molecule has 1 aromatic carbocycles. The summed E-state index contributed by atoms with van der Waals surface area (Å²) in [6.07, 6.45) is 3.56. The van der Waals surface area contributed by atoms with Crippen LogP contribution in [0.4, 0.5) is 0 Å². The maximum Gasteiger partial charge on any atom is 0.328 e. The number of nitrogens with zero attached hydrogens (tertiary/aromatic N) is 2. The van der Waals surface area contributed by atoms with Crippen LogP contribution < -0.4 is 5.69 Å². The van der Waals surface area contributed by atoms with E-state index in [0.29, 0.717) is 6.54 Å². The average molecular weight is 267 g/mol. The molecule has 0 unspecified atom stereocenters. The fraction of sp³-hybridized carbons (Fsp3) is 0.182. The van der Waals surface area contributed by atoms with Crippen molar-refractivity contribution >= 4 is 15.9 Å². The van der Waals surface area contributed by atoms with Gasteiger partial charge >= 0.3 is 5.69 Å². The molecular weight excluding hydrogens is 256 g/mol. The van der Waals surface area contributed by atoms with E-state index >= 15 is 0 Å². The topological polar surface area (TPSA) is 26.9 Å². The molecule has 0 aliphatic rings. The lowest BCUT2D eigenvalue weighted by atomic mass is 10.2. The standard InChI is InChI=1S/C11H11BrN2O/c1-13-5-6-14(11(13)15)8-9-3-2-4-10(12)7-9/h2-7H,8H2,1H3. The molecule has 0 aliphatic heterocycles. The average Bonchev–Trinajstić information content (AvgIpc) is 2.50. The fourth-order valence-corrected chi connectivity index (χ4v) is 1.91. The van der Waals surface area contributed by atoms with Crippen molar-refractivity contribution < 1.29 is 0 Å². The molecule has 0 radical (unpaired) electrons. The summed E-state index contributed by atoms with van der Waals surface area (Å²) in [7, 11) is 1.75. The SMILES string of the molecule is Cn1ccn(Cc2cccc(Br)c2)c1=O. The van der Waals surface area contributed by atoms with Crippen LogP contribution in [-0.2, 0) is 13.6 Å². The Morgan fingerprint density at radius 2 is 2.13 bits per heavy atom. The van der Waals surface area contributed by atoms with Gasteiger partial charge in [0.2, 0.25) is 0 Å². The maximum atomic E-state index is 11.6. The molecular formula is C11H11BrN2O. The number of hydrogen-bond donors (Lipinski definition) is 0. The van der Waals surface area contributed by atoms with Crippen molar-refractivity contribution in [2.45, 2.75) is 6.54 Å². The van der Waals surface area contributed by atoms with Crippen LogP contribution in [0.5, 0.6) is 0 Å². The predicted octanol–water partition coefficient (Wildman–Crippen LogP) is 2.00. The van der Waals surface area contributed by atoms with Crippen LogP contribution in [0.15, 0.2) is 45.9 Å². The molecule has 0 spiro atoms. The zero-order chi connectivity index (χ0) is 10.8. The minimum Gasteiger partial charge on any atom is -0.302 e. The summed E-state index contributed by atoms with van der Waals surface area (Å²) in [6.45, 7) is 0.610. The molecule has 3 nitrogen and oxygen atoms in total. The lowest BCUT2D eigenvalue weighted by Crippen LogP contribution is -2.22. The molecule has 15 heavy (non-hydrogen) atoms. The molecule has 0 saturated heterocycles. The highest BCUT2D eigenvalue weighted by atomic mass is 79.9. The predicted molar refractivity (Wildman–Crippen MR) is 62.9 cm³/mol. The van der Waals surface area contributed by atoms with Gasteiger partial charge in [-0.15, -0.1) is 0 Å². The van der Waals surface area contributed by atoms with E-state index in [1.807, 2.05) is 24.3 Å². The van der Waals surface area contributed by atoms with Crippen molar-refractivity contribution in [1.29, 1.82) is 0 Å². The van der Waals surface area contributed by atoms with Crippen molar-refractivity contribution in [3.8, 4) is 0 Å². The first-order chi connectivity index (χ1) is 7.16. The third kappa shape index (κ3) is 2.21. The molecule has 4 heteroatoms. The molecule has 0 fully saturated rings. The Morgan fingerprint density at radius 1 is 1.33 bits per heavy atom. The van der Waals surface area contributed by atoms with Gasteiger partial charge in [-0.2, -0.15) is 0 Å². The molecule has 0 aliphatic carbocycles. The minimum absolute atomic E-state index is 0.00924. The number of benzene rings is 1. The van der Waals surface area contributed by atoms with Crippen LogP contribution >= 0.6 is 15.9 Å². The van der Waals surface area contributed by atoms with Gasteiger partial charge in [-0.1, -0.05) is 28.1 Å². The van der Waals surface area contributed by atoms with Gasteiger partial charge in [-0.3, -0.25) is 4.57 Å². The highest BCUT2D eigenvalue weighted by molar-refractivity contribution is 9.10. The Kier molecular flexibility index (Phi) is 2.77. The van der Waals surface area contributed by atoms with Crippen molar-refractivity contribution in [3.05, 3.63) is 57.2 Å². The smallest absolute Gasteiger partial charge is 0.302 e. The monoisotopic (exact) mass is 266 g/mol. The Balaban J connectivity index is 2.30. The third-order valence-electron chi connectivity index (χ3n) is 2.26. The van der Waals surface area contributed by atoms with E-state index in [4.69, 9.17) is 0 Å². The van der Waals surface area contributed by atoms with Crippen molar-refractivity contribution in [3.63, 3.8) is 0 Å². The highest BCUT2D eigenvalue weighted by Gasteiger charge is 2.00. The van der Waals surface area contributed by atoms with E-state index in [-0.39, 0.29) is 5.69 Å². The lowest BCUT2D eigenvalue weighted by Gasteiger charge is -2.02. The van der Waals surface area contributed by atoms with Gasteiger partial charge in [0.05, 0.1) is 6.54 Å². The molecule has 1 heterocycles. The van der Waals surface area contributed by atoms with Crippen LogP contribution in [0, 0.1) is 0 Å². The Morgan fingerprint density at radius 3 is 2.73 bits per heavy atom. The van der Waals surface area contributed by atoms with Crippen molar-refractivity contribution in [2.24, 2.45) is 7.05 Å². The quantitative estimate of drug-likeness (QED) is 0.817. The van der Waals surface area contributed by atoms with Crippen LogP contribution in [0.3, 0.4) is 0 Å². The second-order valence-electron chi connectivity index (χ2n) is 3.45. The van der Waals surface area contributed by atoms with Gasteiger partial charge in [0, 0.05) is 23.9 Å². The van der Waals surface area contributed by atoms with Crippen LogP contribution in [0.1, 0.15) is 5.56 Å². The minimum atomic E-state index is 0.00924. The summed E-state index contributed by atoms with van der Waals surface area (Å²) >= 11 is 3.41. The van der Waals surface area contributed by atoms with Crippen LogP contribution in [-0.4, -0.2) is 9.13 Å². The molecule has 2 aromatic rings. The van der Waals surface area contributed by atoms with E-state index in [1.54, 1.807) is 28.6 Å². The molecule has 0 N–H and O–H groups in total. The number of halogens is 1. The summed E-state index contributed by atoms with van der Waals surface area (Å²) in [5.41, 5.74) is 1.12. The van der Waals surface area contributed by atoms with Gasteiger partial charge < -0.3 is 4.57 Å². The van der Waals surface area contributed by atoms with E-state index in [0.717, 1.165) is 10.0 Å². The number of aromatic nitrogens is 2. The molecule has 0 saturated carbocycles. The normalized spacial score (nSPS) is 10.5. The second kappa shape index (κ2) is 4.06. The van der Waals surface area contributed by atoms with Gasteiger partial charge in [-0.05, 0) is 17.7 Å². The summed E-state index contributed by atoms with van der Waals surface area (Å²) in [4.78, 5) is 11.6. The first-order valence-corrected chi connectivity index (χ1v) is 5.42. The summed E-state index contributed by atoms with van der Waals surface area (Å²) in [5, 5.41) is 0. The molecule has 0 amide bonds. The number of hydrogen-bond acceptors (Lipinski definition) is 1. The zero-order valence-corrected chi connectivity index (χ0v) is 9.94. The summed E-state index contributed by atoms with van der Waals surface area (Å²) in [6, 6.07) is 7.95. The zero-order valence-electron chi connectivity index (χ0n) is 8.35. The number of aryl methyl sites for hydroxylation is 1. The Hall–Kier alpha value is -1.29. The van der Waals surface area contributed by atoms with E-state index in [1.165, 1.54) is 0 Å². The molecule has 2 rings (SSSR count). The fourth-order valence-electron chi connectivity index (χ4n) is 1.46. The van der Waals surface area contributed by atoms with Crippen molar-refractivity contribution in [1.82, 2.24) is 9.13 Å². The van der Waals surface area contributed by atoms with Crippen molar-refractivity contribution in [2.75, 3.05) is 0 Å². The van der Waals surface area contributed by atoms with Crippen LogP contribution in [0.2, 0.25) is 0 Å². The van der Waals surface area contributed by atoms with E-state index < -0.39 is 0 Å². The highest BCUT2D eigenvalue weighted by Crippen LogP contribution is 2.12. The Bertz CT molecular complexity index is 527. The summed E-state index contributed by atoms with van der Waals surface area (Å²) in [5.74, 6) is 0. The first-order valence-electron chi connectivity index (χ1n) is 4.63. The van der Waals surface area contributed by atoms with Gasteiger partial charge in [0.1, 0.15) is 0 Å². The summed E-state index contributed by atoms with van der Waals surface area (Å²) < 4.78 is 4.28. The van der Waals surface area contributed by atoms with E-state index in [9.17, 15) is 4.79 Å². The molecule has 1 aromatic heterocycles. The molecule has 0 bridgehead atoms. The van der Waals surface area contributed by atoms with Gasteiger partial charge in [0.15, 0.2) is 0 Å². The largest absolute Gasteiger partial charge is 0.328 e. The maximum absolute atomic E-state index is 11.6. The molecule has 0 atom stereocenters. The second-order valence-corrected chi connectivity index (χ2v) is 4.37. The molecule has 78 valence electrons. The van der Waals surface area contributed by atoms with Crippen LogP contribution in [0.25, 0.3) is 0 Å². The van der Waals surface area contributed by atoms with Gasteiger partial charge in [-0.25, -0.2) is 4.79 Å². The van der Waals surface area contributed by atoms with E-state index in [2.05, 4.69) is 15.9 Å². The Labute approximate surface area is 96.1 Å². The first kappa shape index (κ1) is 10.2. The van der Waals surface area contributed by atoms with Gasteiger partial charge in [0.25, 0.3) is 0 Å². The number of imidazole rings is 1.